The van der Waals surface area contributed by atoms with E-state index in [0.29, 0.717) is 17.1 Å². The molecule has 0 saturated heterocycles. The molecule has 0 aliphatic heterocycles. The maximum absolute atomic E-state index is 14.3. The zero-order valence-corrected chi connectivity index (χ0v) is 13.1. The Morgan fingerprint density at radius 3 is 2.45 bits per heavy atom. The molecule has 1 fully saturated rings. The fourth-order valence-corrected chi connectivity index (χ4v) is 3.23. The van der Waals surface area contributed by atoms with Crippen molar-refractivity contribution in [2.45, 2.75) is 58.5 Å². The highest BCUT2D eigenvalue weighted by atomic mass is 19.1. The molecular formula is C17H27FN2. The van der Waals surface area contributed by atoms with Gasteiger partial charge in [0.15, 0.2) is 0 Å². The van der Waals surface area contributed by atoms with Gasteiger partial charge < -0.3 is 10.6 Å². The highest BCUT2D eigenvalue weighted by molar-refractivity contribution is 5.56. The molecule has 0 heterocycles. The SMILES string of the molecule is C[C@H](N)c1cccc(F)c1N(C)C1CCC(C)(C)CC1. The van der Waals surface area contributed by atoms with Gasteiger partial charge in [0.1, 0.15) is 5.82 Å². The van der Waals surface area contributed by atoms with E-state index in [9.17, 15) is 4.39 Å². The third-order valence-corrected chi connectivity index (χ3v) is 4.72. The van der Waals surface area contributed by atoms with E-state index in [0.717, 1.165) is 18.4 Å². The predicted molar refractivity (Wildman–Crippen MR) is 83.4 cm³/mol. The molecular weight excluding hydrogens is 251 g/mol. The van der Waals surface area contributed by atoms with E-state index in [2.05, 4.69) is 18.7 Å². The zero-order chi connectivity index (χ0) is 14.9. The van der Waals surface area contributed by atoms with Crippen molar-refractivity contribution in [3.63, 3.8) is 0 Å². The first-order valence-electron chi connectivity index (χ1n) is 7.58. The van der Waals surface area contributed by atoms with Gasteiger partial charge in [-0.25, -0.2) is 4.39 Å². The average molecular weight is 278 g/mol. The standard InChI is InChI=1S/C17H27FN2/c1-12(19)14-6-5-7-15(18)16(14)20(4)13-8-10-17(2,3)11-9-13/h5-7,12-13H,8-11,19H2,1-4H3/t12-/m0/s1. The highest BCUT2D eigenvalue weighted by Crippen LogP contribution is 2.39. The first-order valence-corrected chi connectivity index (χ1v) is 7.58. The van der Waals surface area contributed by atoms with Crippen molar-refractivity contribution in [3.05, 3.63) is 29.6 Å². The lowest BCUT2D eigenvalue weighted by Crippen LogP contribution is -2.38. The van der Waals surface area contributed by atoms with Gasteiger partial charge in [-0.05, 0) is 49.7 Å². The molecule has 2 rings (SSSR count). The van der Waals surface area contributed by atoms with Crippen molar-refractivity contribution in [3.8, 4) is 0 Å². The Morgan fingerprint density at radius 2 is 1.90 bits per heavy atom. The van der Waals surface area contributed by atoms with E-state index in [4.69, 9.17) is 5.73 Å². The molecule has 0 unspecified atom stereocenters. The number of anilines is 1. The maximum atomic E-state index is 14.3. The van der Waals surface area contributed by atoms with Crippen LogP contribution in [0.15, 0.2) is 18.2 Å². The summed E-state index contributed by atoms with van der Waals surface area (Å²) >= 11 is 0. The van der Waals surface area contributed by atoms with Crippen molar-refractivity contribution in [2.24, 2.45) is 11.1 Å². The highest BCUT2D eigenvalue weighted by Gasteiger charge is 2.30. The lowest BCUT2D eigenvalue weighted by atomic mass is 9.75. The van der Waals surface area contributed by atoms with E-state index in [-0.39, 0.29) is 11.9 Å². The summed E-state index contributed by atoms with van der Waals surface area (Å²) in [6.07, 6.45) is 4.64. The number of halogens is 1. The van der Waals surface area contributed by atoms with Gasteiger partial charge in [0, 0.05) is 19.1 Å². The smallest absolute Gasteiger partial charge is 0.146 e. The zero-order valence-electron chi connectivity index (χ0n) is 13.1. The van der Waals surface area contributed by atoms with Gasteiger partial charge in [-0.2, -0.15) is 0 Å². The van der Waals surface area contributed by atoms with Crippen LogP contribution in [0.4, 0.5) is 10.1 Å². The van der Waals surface area contributed by atoms with Crippen LogP contribution >= 0.6 is 0 Å². The van der Waals surface area contributed by atoms with Crippen LogP contribution in [0.5, 0.6) is 0 Å². The minimum Gasteiger partial charge on any atom is -0.369 e. The molecule has 0 radical (unpaired) electrons. The molecule has 0 amide bonds. The number of rotatable bonds is 3. The lowest BCUT2D eigenvalue weighted by Gasteiger charge is -2.40. The molecule has 20 heavy (non-hydrogen) atoms. The van der Waals surface area contributed by atoms with Gasteiger partial charge in [0.2, 0.25) is 0 Å². The topological polar surface area (TPSA) is 29.3 Å². The number of para-hydroxylation sites is 1. The van der Waals surface area contributed by atoms with Gasteiger partial charge in [0.25, 0.3) is 0 Å². The van der Waals surface area contributed by atoms with E-state index in [1.807, 2.05) is 20.0 Å². The number of nitrogens with two attached hydrogens (primary N) is 1. The Labute approximate surface area is 122 Å². The van der Waals surface area contributed by atoms with Gasteiger partial charge in [0.05, 0.1) is 5.69 Å². The fraction of sp³-hybridized carbons (Fsp3) is 0.647. The molecule has 112 valence electrons. The van der Waals surface area contributed by atoms with Crippen LogP contribution in [0.2, 0.25) is 0 Å². The second kappa shape index (κ2) is 5.72. The summed E-state index contributed by atoms with van der Waals surface area (Å²) in [6, 6.07) is 5.48. The second-order valence-electron chi connectivity index (χ2n) is 6.97. The summed E-state index contributed by atoms with van der Waals surface area (Å²) in [6.45, 7) is 6.55. The van der Waals surface area contributed by atoms with Crippen LogP contribution in [-0.4, -0.2) is 13.1 Å². The van der Waals surface area contributed by atoms with E-state index >= 15 is 0 Å². The van der Waals surface area contributed by atoms with Crippen LogP contribution in [-0.2, 0) is 0 Å². The Bertz CT molecular complexity index is 458. The summed E-state index contributed by atoms with van der Waals surface area (Å²) in [4.78, 5) is 2.11. The van der Waals surface area contributed by atoms with Gasteiger partial charge in [-0.3, -0.25) is 0 Å². The Morgan fingerprint density at radius 1 is 1.30 bits per heavy atom. The average Bonchev–Trinajstić information content (AvgIpc) is 2.37. The molecule has 1 saturated carbocycles. The van der Waals surface area contributed by atoms with Crippen LogP contribution in [0, 0.1) is 11.2 Å². The normalized spacial score (nSPS) is 20.7. The molecule has 1 aromatic carbocycles. The Balaban J connectivity index is 2.23. The quantitative estimate of drug-likeness (QED) is 0.895. The molecule has 2 nitrogen and oxygen atoms in total. The summed E-state index contributed by atoms with van der Waals surface area (Å²) in [5, 5.41) is 0. The molecule has 1 aliphatic carbocycles. The minimum absolute atomic E-state index is 0.150. The molecule has 0 aromatic heterocycles. The summed E-state index contributed by atoms with van der Waals surface area (Å²) < 4.78 is 14.3. The van der Waals surface area contributed by atoms with Gasteiger partial charge in [-0.15, -0.1) is 0 Å². The van der Waals surface area contributed by atoms with Crippen molar-refractivity contribution in [2.75, 3.05) is 11.9 Å². The van der Waals surface area contributed by atoms with E-state index in [1.165, 1.54) is 18.9 Å². The summed E-state index contributed by atoms with van der Waals surface area (Å²) in [5.74, 6) is -0.160. The van der Waals surface area contributed by atoms with Crippen molar-refractivity contribution >= 4 is 5.69 Å². The molecule has 0 spiro atoms. The number of benzene rings is 1. The van der Waals surface area contributed by atoms with Crippen LogP contribution in [0.25, 0.3) is 0 Å². The second-order valence-corrected chi connectivity index (χ2v) is 6.97. The van der Waals surface area contributed by atoms with Gasteiger partial charge in [-0.1, -0.05) is 26.0 Å². The predicted octanol–water partition coefficient (Wildman–Crippen LogP) is 4.25. The maximum Gasteiger partial charge on any atom is 0.146 e. The third kappa shape index (κ3) is 3.14. The summed E-state index contributed by atoms with van der Waals surface area (Å²) in [7, 11) is 2.01. The van der Waals surface area contributed by atoms with E-state index in [1.54, 1.807) is 6.07 Å². The number of hydrogen-bond acceptors (Lipinski definition) is 2. The van der Waals surface area contributed by atoms with Crippen LogP contribution in [0.1, 0.15) is 58.1 Å². The molecule has 2 N–H and O–H groups in total. The largest absolute Gasteiger partial charge is 0.369 e. The van der Waals surface area contributed by atoms with Crippen molar-refractivity contribution in [1.82, 2.24) is 0 Å². The van der Waals surface area contributed by atoms with Crippen LogP contribution < -0.4 is 10.6 Å². The molecule has 1 aliphatic rings. The fourth-order valence-electron chi connectivity index (χ4n) is 3.23. The first kappa shape index (κ1) is 15.3. The Kier molecular flexibility index (Phi) is 4.38. The lowest BCUT2D eigenvalue weighted by molar-refractivity contribution is 0.222. The molecule has 1 aromatic rings. The first-order chi connectivity index (χ1) is 9.32. The van der Waals surface area contributed by atoms with Crippen molar-refractivity contribution in [1.29, 1.82) is 0 Å². The number of hydrogen-bond donors (Lipinski definition) is 1. The minimum atomic E-state index is -0.160. The molecule has 3 heteroatoms. The van der Waals surface area contributed by atoms with Crippen molar-refractivity contribution < 1.29 is 4.39 Å². The third-order valence-electron chi connectivity index (χ3n) is 4.72. The monoisotopic (exact) mass is 278 g/mol. The Hall–Kier alpha value is -1.09. The van der Waals surface area contributed by atoms with Crippen LogP contribution in [0.3, 0.4) is 0 Å². The molecule has 1 atom stereocenters. The summed E-state index contributed by atoms with van der Waals surface area (Å²) in [5.41, 5.74) is 8.02. The molecule has 0 bridgehead atoms. The van der Waals surface area contributed by atoms with E-state index < -0.39 is 0 Å². The van der Waals surface area contributed by atoms with Gasteiger partial charge >= 0.3 is 0 Å². The number of nitrogens with zero attached hydrogens (tertiary/aromatic N) is 1.